The lowest BCUT2D eigenvalue weighted by Crippen LogP contribution is -2.44. The Morgan fingerprint density at radius 1 is 1.22 bits per heavy atom. The molecule has 3 nitrogen and oxygen atoms in total. The molecular weight excluding hydrogens is 250 g/mol. The molecule has 0 aromatic heterocycles. The molecule has 1 aromatic rings. The van der Waals surface area contributed by atoms with E-state index in [0.717, 1.165) is 24.4 Å². The van der Waals surface area contributed by atoms with E-state index in [9.17, 15) is 5.11 Å². The molecule has 18 heavy (non-hydrogen) atoms. The van der Waals surface area contributed by atoms with Crippen LogP contribution < -0.4 is 4.74 Å². The summed E-state index contributed by atoms with van der Waals surface area (Å²) in [7, 11) is 0. The van der Waals surface area contributed by atoms with Crippen molar-refractivity contribution >= 4 is 11.6 Å². The summed E-state index contributed by atoms with van der Waals surface area (Å²) in [5, 5.41) is 11.0. The number of ether oxygens (including phenoxy) is 1. The number of hydrogen-bond acceptors (Lipinski definition) is 3. The van der Waals surface area contributed by atoms with E-state index in [1.165, 1.54) is 19.3 Å². The number of likely N-dealkylation sites (tertiary alicyclic amines) is 1. The first-order chi connectivity index (χ1) is 8.75. The van der Waals surface area contributed by atoms with Gasteiger partial charge >= 0.3 is 0 Å². The molecule has 0 aliphatic carbocycles. The van der Waals surface area contributed by atoms with E-state index in [0.29, 0.717) is 11.6 Å². The Labute approximate surface area is 112 Å². The van der Waals surface area contributed by atoms with E-state index in [1.54, 1.807) is 0 Å². The second-order valence-corrected chi connectivity index (χ2v) is 5.54. The highest BCUT2D eigenvalue weighted by atomic mass is 35.5. The van der Waals surface area contributed by atoms with Gasteiger partial charge in [-0.15, -0.1) is 0 Å². The minimum atomic E-state index is -0.464. The van der Waals surface area contributed by atoms with Gasteiger partial charge in [0.15, 0.2) is 0 Å². The topological polar surface area (TPSA) is 32.7 Å². The van der Waals surface area contributed by atoms with Crippen LogP contribution in [-0.4, -0.2) is 35.8 Å². The van der Waals surface area contributed by atoms with Crippen LogP contribution in [-0.2, 0) is 0 Å². The monoisotopic (exact) mass is 267 g/mol. The number of halogens is 1. The molecule has 0 spiro atoms. The summed E-state index contributed by atoms with van der Waals surface area (Å²) in [6.45, 7) is 2.47. The molecule has 2 unspecified atom stereocenters. The Hall–Kier alpha value is -0.770. The van der Waals surface area contributed by atoms with Crippen LogP contribution in [0.4, 0.5) is 0 Å². The van der Waals surface area contributed by atoms with Crippen LogP contribution in [0.3, 0.4) is 0 Å². The van der Waals surface area contributed by atoms with Gasteiger partial charge in [-0.3, -0.25) is 4.90 Å². The third-order valence-corrected chi connectivity index (χ3v) is 4.08. The maximum Gasteiger partial charge on any atom is 0.124 e. The SMILES string of the molecule is OC1COc2ccc(Cl)cc2C1N1CCCCC1. The quantitative estimate of drug-likeness (QED) is 0.849. The van der Waals surface area contributed by atoms with Crippen LogP contribution in [0.25, 0.3) is 0 Å². The summed E-state index contributed by atoms with van der Waals surface area (Å²) >= 11 is 6.07. The normalized spacial score (nSPS) is 28.6. The van der Waals surface area contributed by atoms with Gasteiger partial charge in [-0.2, -0.15) is 0 Å². The molecule has 98 valence electrons. The number of benzene rings is 1. The fourth-order valence-corrected chi connectivity index (χ4v) is 3.17. The van der Waals surface area contributed by atoms with Crippen molar-refractivity contribution < 1.29 is 9.84 Å². The van der Waals surface area contributed by atoms with Crippen molar-refractivity contribution in [1.29, 1.82) is 0 Å². The third-order valence-electron chi connectivity index (χ3n) is 3.85. The zero-order valence-electron chi connectivity index (χ0n) is 10.3. The lowest BCUT2D eigenvalue weighted by molar-refractivity contribution is -0.00673. The molecule has 1 N–H and O–H groups in total. The van der Waals surface area contributed by atoms with Crippen LogP contribution in [0.15, 0.2) is 18.2 Å². The van der Waals surface area contributed by atoms with Gasteiger partial charge in [0.25, 0.3) is 0 Å². The van der Waals surface area contributed by atoms with Crippen LogP contribution in [0.2, 0.25) is 5.02 Å². The first-order valence-electron chi connectivity index (χ1n) is 6.60. The van der Waals surface area contributed by atoms with Gasteiger partial charge in [-0.1, -0.05) is 18.0 Å². The van der Waals surface area contributed by atoms with Crippen LogP contribution in [0, 0.1) is 0 Å². The van der Waals surface area contributed by atoms with Gasteiger partial charge in [0, 0.05) is 10.6 Å². The average molecular weight is 268 g/mol. The van der Waals surface area contributed by atoms with Crippen LogP contribution in [0.1, 0.15) is 30.9 Å². The van der Waals surface area contributed by atoms with E-state index < -0.39 is 6.10 Å². The predicted molar refractivity (Wildman–Crippen MR) is 71.1 cm³/mol. The minimum Gasteiger partial charge on any atom is -0.490 e. The molecule has 1 aromatic carbocycles. The number of aliphatic hydroxyl groups excluding tert-OH is 1. The van der Waals surface area contributed by atoms with Crippen molar-refractivity contribution in [2.24, 2.45) is 0 Å². The van der Waals surface area contributed by atoms with Crippen molar-refractivity contribution in [3.8, 4) is 5.75 Å². The molecule has 2 atom stereocenters. The molecule has 3 rings (SSSR count). The number of fused-ring (bicyclic) bond motifs is 1. The van der Waals surface area contributed by atoms with Crippen molar-refractivity contribution in [3.63, 3.8) is 0 Å². The van der Waals surface area contributed by atoms with Gasteiger partial charge in [-0.05, 0) is 44.1 Å². The first-order valence-corrected chi connectivity index (χ1v) is 6.98. The van der Waals surface area contributed by atoms with Crippen molar-refractivity contribution in [1.82, 2.24) is 4.90 Å². The smallest absolute Gasteiger partial charge is 0.124 e. The third kappa shape index (κ3) is 2.22. The van der Waals surface area contributed by atoms with E-state index in [2.05, 4.69) is 4.90 Å². The lowest BCUT2D eigenvalue weighted by atomic mass is 9.94. The highest BCUT2D eigenvalue weighted by Gasteiger charge is 2.34. The molecule has 2 heterocycles. The van der Waals surface area contributed by atoms with Gasteiger partial charge in [0.2, 0.25) is 0 Å². The van der Waals surface area contributed by atoms with Crippen molar-refractivity contribution in [3.05, 3.63) is 28.8 Å². The summed E-state index contributed by atoms with van der Waals surface area (Å²) < 4.78 is 5.58. The molecular formula is C14H18ClNO2. The molecule has 1 saturated heterocycles. The fourth-order valence-electron chi connectivity index (χ4n) is 2.99. The van der Waals surface area contributed by atoms with Crippen LogP contribution >= 0.6 is 11.6 Å². The molecule has 4 heteroatoms. The molecule has 2 aliphatic heterocycles. The number of rotatable bonds is 1. The molecule has 0 radical (unpaired) electrons. The highest BCUT2D eigenvalue weighted by Crippen LogP contribution is 2.38. The van der Waals surface area contributed by atoms with Gasteiger partial charge in [0.05, 0.1) is 6.04 Å². The summed E-state index contributed by atoms with van der Waals surface area (Å²) in [4.78, 5) is 2.37. The summed E-state index contributed by atoms with van der Waals surface area (Å²) in [6, 6.07) is 5.71. The first kappa shape index (κ1) is 12.3. The van der Waals surface area contributed by atoms with E-state index >= 15 is 0 Å². The van der Waals surface area contributed by atoms with E-state index in [1.807, 2.05) is 18.2 Å². The van der Waals surface area contributed by atoms with Gasteiger partial charge < -0.3 is 9.84 Å². The van der Waals surface area contributed by atoms with Crippen molar-refractivity contribution in [2.45, 2.75) is 31.4 Å². The molecule has 0 amide bonds. The number of aliphatic hydroxyl groups is 1. The fraction of sp³-hybridized carbons (Fsp3) is 0.571. The minimum absolute atomic E-state index is 0.0350. The second-order valence-electron chi connectivity index (χ2n) is 5.10. The van der Waals surface area contributed by atoms with Crippen molar-refractivity contribution in [2.75, 3.05) is 19.7 Å². The average Bonchev–Trinajstić information content (AvgIpc) is 2.39. The largest absolute Gasteiger partial charge is 0.490 e. The Kier molecular flexibility index (Phi) is 3.46. The summed E-state index contributed by atoms with van der Waals surface area (Å²) in [5.41, 5.74) is 1.03. The molecule has 2 aliphatic rings. The molecule has 1 fully saturated rings. The van der Waals surface area contributed by atoms with Gasteiger partial charge in [-0.25, -0.2) is 0 Å². The predicted octanol–water partition coefficient (Wildman–Crippen LogP) is 2.62. The number of hydrogen-bond donors (Lipinski definition) is 1. The zero-order valence-corrected chi connectivity index (χ0v) is 11.1. The second kappa shape index (κ2) is 5.08. The molecule has 0 saturated carbocycles. The van der Waals surface area contributed by atoms with Gasteiger partial charge in [0.1, 0.15) is 18.5 Å². The standard InChI is InChI=1S/C14H18ClNO2/c15-10-4-5-13-11(8-10)14(12(17)9-18-13)16-6-2-1-3-7-16/h4-5,8,12,14,17H,1-3,6-7,9H2. The van der Waals surface area contributed by atoms with E-state index in [4.69, 9.17) is 16.3 Å². The maximum absolute atomic E-state index is 10.2. The van der Waals surface area contributed by atoms with Crippen LogP contribution in [0.5, 0.6) is 5.75 Å². The Bertz CT molecular complexity index is 432. The summed E-state index contributed by atoms with van der Waals surface area (Å²) in [5.74, 6) is 0.861. The Morgan fingerprint density at radius 3 is 2.78 bits per heavy atom. The zero-order chi connectivity index (χ0) is 12.5. The molecule has 0 bridgehead atoms. The Morgan fingerprint density at radius 2 is 2.00 bits per heavy atom. The number of piperidine rings is 1. The Balaban J connectivity index is 1.95. The summed E-state index contributed by atoms with van der Waals surface area (Å²) in [6.07, 6.45) is 3.24. The van der Waals surface area contributed by atoms with E-state index in [-0.39, 0.29) is 6.04 Å². The highest BCUT2D eigenvalue weighted by molar-refractivity contribution is 6.30. The maximum atomic E-state index is 10.2. The lowest BCUT2D eigenvalue weighted by Gasteiger charge is -2.40. The number of nitrogens with zero attached hydrogens (tertiary/aromatic N) is 1.